The third-order valence-corrected chi connectivity index (χ3v) is 4.77. The topological polar surface area (TPSA) is 12.0 Å². The molecule has 0 spiro atoms. The van der Waals surface area contributed by atoms with E-state index in [4.69, 9.17) is 0 Å². The Balaban J connectivity index is 2.41. The highest BCUT2D eigenvalue weighted by Crippen LogP contribution is 2.33. The summed E-state index contributed by atoms with van der Waals surface area (Å²) in [5.41, 5.74) is 1.78. The number of thiophene rings is 1. The maximum Gasteiger partial charge on any atom is 0.126 e. The van der Waals surface area contributed by atoms with Crippen molar-refractivity contribution < 1.29 is 4.39 Å². The van der Waals surface area contributed by atoms with E-state index in [1.54, 1.807) is 18.3 Å². The van der Waals surface area contributed by atoms with Crippen molar-refractivity contribution >= 4 is 27.3 Å². The molecule has 2 rings (SSSR count). The van der Waals surface area contributed by atoms with E-state index in [0.717, 1.165) is 16.6 Å². The molecule has 1 nitrogen and oxygen atoms in total. The summed E-state index contributed by atoms with van der Waals surface area (Å²) in [4.78, 5) is 1.22. The summed E-state index contributed by atoms with van der Waals surface area (Å²) < 4.78 is 14.4. The summed E-state index contributed by atoms with van der Waals surface area (Å²) in [5.74, 6) is -0.153. The van der Waals surface area contributed by atoms with E-state index in [-0.39, 0.29) is 11.9 Å². The molecule has 1 unspecified atom stereocenters. The van der Waals surface area contributed by atoms with Crippen LogP contribution in [0, 0.1) is 12.7 Å². The average molecular weight is 328 g/mol. The molecule has 0 fully saturated rings. The standard InChI is InChI=1S/C14H15BrFNS/c1-3-17-13(14-11(15)6-7-18-14)10-4-5-12(16)9(2)8-10/h4-8,13,17H,3H2,1-2H3. The zero-order chi connectivity index (χ0) is 13.1. The SMILES string of the molecule is CCNC(c1ccc(F)c(C)c1)c1sccc1Br. The Labute approximate surface area is 119 Å². The fourth-order valence-electron chi connectivity index (χ4n) is 1.92. The largest absolute Gasteiger partial charge is 0.306 e. The second kappa shape index (κ2) is 5.95. The minimum atomic E-state index is -0.153. The number of aryl methyl sites for hydroxylation is 1. The van der Waals surface area contributed by atoms with Crippen molar-refractivity contribution in [2.75, 3.05) is 6.54 Å². The fraction of sp³-hybridized carbons (Fsp3) is 0.286. The van der Waals surface area contributed by atoms with Gasteiger partial charge in [-0.3, -0.25) is 0 Å². The first kappa shape index (κ1) is 13.7. The van der Waals surface area contributed by atoms with Gasteiger partial charge in [0.15, 0.2) is 0 Å². The lowest BCUT2D eigenvalue weighted by Gasteiger charge is -2.18. The van der Waals surface area contributed by atoms with Gasteiger partial charge in [-0.1, -0.05) is 19.1 Å². The first-order valence-electron chi connectivity index (χ1n) is 5.85. The Kier molecular flexibility index (Phi) is 4.54. The number of hydrogen-bond acceptors (Lipinski definition) is 2. The highest BCUT2D eigenvalue weighted by Gasteiger charge is 2.17. The average Bonchev–Trinajstić information content (AvgIpc) is 2.76. The van der Waals surface area contributed by atoms with Gasteiger partial charge in [0, 0.05) is 9.35 Å². The molecule has 1 aromatic heterocycles. The predicted octanol–water partition coefficient (Wildman–Crippen LogP) is 4.66. The van der Waals surface area contributed by atoms with E-state index in [2.05, 4.69) is 33.6 Å². The molecule has 4 heteroatoms. The van der Waals surface area contributed by atoms with E-state index in [1.807, 2.05) is 18.2 Å². The van der Waals surface area contributed by atoms with Crippen LogP contribution in [0.2, 0.25) is 0 Å². The second-order valence-corrected chi connectivity index (χ2v) is 5.93. The predicted molar refractivity (Wildman–Crippen MR) is 78.7 cm³/mol. The van der Waals surface area contributed by atoms with Gasteiger partial charge in [-0.05, 0) is 58.0 Å². The van der Waals surface area contributed by atoms with Crippen molar-refractivity contribution in [3.63, 3.8) is 0 Å². The molecule has 0 saturated heterocycles. The Morgan fingerprint density at radius 2 is 2.17 bits per heavy atom. The molecule has 1 heterocycles. The first-order valence-corrected chi connectivity index (χ1v) is 7.53. The van der Waals surface area contributed by atoms with E-state index in [1.165, 1.54) is 10.9 Å². The molecule has 0 bridgehead atoms. The van der Waals surface area contributed by atoms with Crippen molar-refractivity contribution in [1.29, 1.82) is 0 Å². The first-order chi connectivity index (χ1) is 8.63. The van der Waals surface area contributed by atoms with Gasteiger partial charge < -0.3 is 5.32 Å². The van der Waals surface area contributed by atoms with Gasteiger partial charge >= 0.3 is 0 Å². The maximum absolute atomic E-state index is 13.3. The molecule has 0 saturated carbocycles. The molecule has 96 valence electrons. The molecule has 0 aliphatic heterocycles. The van der Waals surface area contributed by atoms with Gasteiger partial charge in [0.05, 0.1) is 6.04 Å². The highest BCUT2D eigenvalue weighted by atomic mass is 79.9. The highest BCUT2D eigenvalue weighted by molar-refractivity contribution is 9.10. The molecular weight excluding hydrogens is 313 g/mol. The molecule has 1 aromatic carbocycles. The van der Waals surface area contributed by atoms with Gasteiger partial charge in [-0.2, -0.15) is 0 Å². The Bertz CT molecular complexity index is 538. The second-order valence-electron chi connectivity index (χ2n) is 4.13. The number of benzene rings is 1. The Hall–Kier alpha value is -0.710. The van der Waals surface area contributed by atoms with Crippen LogP contribution in [0.1, 0.15) is 29.0 Å². The number of hydrogen-bond donors (Lipinski definition) is 1. The summed E-state index contributed by atoms with van der Waals surface area (Å²) in [7, 11) is 0. The van der Waals surface area contributed by atoms with Crippen LogP contribution in [0.3, 0.4) is 0 Å². The summed E-state index contributed by atoms with van der Waals surface area (Å²) in [6, 6.07) is 7.46. The van der Waals surface area contributed by atoms with Crippen molar-refractivity contribution in [2.45, 2.75) is 19.9 Å². The van der Waals surface area contributed by atoms with Crippen LogP contribution in [-0.2, 0) is 0 Å². The Morgan fingerprint density at radius 3 is 2.72 bits per heavy atom. The van der Waals surface area contributed by atoms with Crippen molar-refractivity contribution in [3.05, 3.63) is 55.9 Å². The molecule has 0 amide bonds. The monoisotopic (exact) mass is 327 g/mol. The number of rotatable bonds is 4. The van der Waals surface area contributed by atoms with Crippen molar-refractivity contribution in [2.24, 2.45) is 0 Å². The molecule has 0 aliphatic rings. The van der Waals surface area contributed by atoms with E-state index >= 15 is 0 Å². The maximum atomic E-state index is 13.3. The molecule has 2 aromatic rings. The summed E-state index contributed by atoms with van der Waals surface area (Å²) in [5, 5.41) is 5.50. The quantitative estimate of drug-likeness (QED) is 0.861. The smallest absolute Gasteiger partial charge is 0.126 e. The van der Waals surface area contributed by atoms with E-state index in [0.29, 0.717) is 5.56 Å². The molecule has 0 aliphatic carbocycles. The molecule has 0 radical (unpaired) electrons. The van der Waals surface area contributed by atoms with Gasteiger partial charge in [0.1, 0.15) is 5.82 Å². The molecule has 1 atom stereocenters. The van der Waals surface area contributed by atoms with Crippen molar-refractivity contribution in [1.82, 2.24) is 5.32 Å². The van der Waals surface area contributed by atoms with Gasteiger partial charge in [-0.25, -0.2) is 4.39 Å². The summed E-state index contributed by atoms with van der Waals surface area (Å²) >= 11 is 5.26. The van der Waals surface area contributed by atoms with Crippen LogP contribution in [0.4, 0.5) is 4.39 Å². The van der Waals surface area contributed by atoms with Crippen LogP contribution in [0.5, 0.6) is 0 Å². The number of nitrogens with one attached hydrogen (secondary N) is 1. The molecular formula is C14H15BrFNS. The minimum absolute atomic E-state index is 0.115. The zero-order valence-electron chi connectivity index (χ0n) is 10.3. The molecule has 1 N–H and O–H groups in total. The zero-order valence-corrected chi connectivity index (χ0v) is 12.7. The Morgan fingerprint density at radius 1 is 1.39 bits per heavy atom. The van der Waals surface area contributed by atoms with E-state index < -0.39 is 0 Å². The van der Waals surface area contributed by atoms with Gasteiger partial charge in [0.25, 0.3) is 0 Å². The van der Waals surface area contributed by atoms with Gasteiger partial charge in [-0.15, -0.1) is 11.3 Å². The number of halogens is 2. The third kappa shape index (κ3) is 2.82. The fourth-order valence-corrected chi connectivity index (χ4v) is 3.63. The van der Waals surface area contributed by atoms with Crippen LogP contribution >= 0.6 is 27.3 Å². The lowest BCUT2D eigenvalue weighted by Crippen LogP contribution is -2.21. The normalized spacial score (nSPS) is 12.7. The van der Waals surface area contributed by atoms with E-state index in [9.17, 15) is 4.39 Å². The van der Waals surface area contributed by atoms with Crippen molar-refractivity contribution in [3.8, 4) is 0 Å². The summed E-state index contributed by atoms with van der Waals surface area (Å²) in [6.45, 7) is 4.74. The van der Waals surface area contributed by atoms with Crippen LogP contribution in [0.15, 0.2) is 34.1 Å². The lowest BCUT2D eigenvalue weighted by atomic mass is 10.0. The third-order valence-electron chi connectivity index (χ3n) is 2.83. The summed E-state index contributed by atoms with van der Waals surface area (Å²) in [6.07, 6.45) is 0. The van der Waals surface area contributed by atoms with Crippen LogP contribution in [-0.4, -0.2) is 6.54 Å². The minimum Gasteiger partial charge on any atom is -0.306 e. The molecule has 18 heavy (non-hydrogen) atoms. The lowest BCUT2D eigenvalue weighted by molar-refractivity contribution is 0.608. The van der Waals surface area contributed by atoms with Crippen LogP contribution < -0.4 is 5.32 Å². The van der Waals surface area contributed by atoms with Crippen LogP contribution in [0.25, 0.3) is 0 Å². The van der Waals surface area contributed by atoms with Gasteiger partial charge in [0.2, 0.25) is 0 Å².